The molecule has 0 spiro atoms. The molecule has 9 heteroatoms. The average molecular weight is 298 g/mol. The molecule has 1 aliphatic heterocycles. The van der Waals surface area contributed by atoms with E-state index in [2.05, 4.69) is 16.2 Å². The van der Waals surface area contributed by atoms with Crippen molar-refractivity contribution in [2.75, 3.05) is 5.32 Å². The molecule has 1 aromatic carbocycles. The Morgan fingerprint density at radius 3 is 2.45 bits per heavy atom. The first kappa shape index (κ1) is 14.4. The number of nitrogens with one attached hydrogen (secondary N) is 3. The SMILES string of the molecule is NS(=O)(=O)c1ccc(NC(=O)C2CCC(=O)NN2)cc1. The van der Waals surface area contributed by atoms with E-state index >= 15 is 0 Å². The van der Waals surface area contributed by atoms with Crippen molar-refractivity contribution in [3.63, 3.8) is 0 Å². The summed E-state index contributed by atoms with van der Waals surface area (Å²) in [6, 6.07) is 4.98. The Bertz CT molecular complexity index is 616. The lowest BCUT2D eigenvalue weighted by atomic mass is 10.1. The minimum atomic E-state index is -3.75. The minimum absolute atomic E-state index is 0.0291. The maximum absolute atomic E-state index is 11.9. The summed E-state index contributed by atoms with van der Waals surface area (Å²) in [5.74, 6) is -0.472. The van der Waals surface area contributed by atoms with E-state index in [0.717, 1.165) is 0 Å². The van der Waals surface area contributed by atoms with E-state index in [1.807, 2.05) is 0 Å². The number of hydrogen-bond acceptors (Lipinski definition) is 5. The number of primary sulfonamides is 1. The Labute approximate surface area is 115 Å². The van der Waals surface area contributed by atoms with Gasteiger partial charge in [-0.3, -0.25) is 15.0 Å². The van der Waals surface area contributed by atoms with Gasteiger partial charge in [0, 0.05) is 12.1 Å². The maximum Gasteiger partial charge on any atom is 0.243 e. The summed E-state index contributed by atoms with van der Waals surface area (Å²) in [6.07, 6.45) is 0.669. The van der Waals surface area contributed by atoms with Crippen molar-refractivity contribution in [1.82, 2.24) is 10.9 Å². The number of anilines is 1. The third-order valence-corrected chi connectivity index (χ3v) is 3.74. The first-order valence-corrected chi connectivity index (χ1v) is 7.39. The summed E-state index contributed by atoms with van der Waals surface area (Å²) in [4.78, 5) is 22.8. The van der Waals surface area contributed by atoms with E-state index in [1.165, 1.54) is 24.3 Å². The molecule has 2 amide bonds. The summed E-state index contributed by atoms with van der Waals surface area (Å²) >= 11 is 0. The standard InChI is InChI=1S/C11H14N4O4S/c12-20(18,19)8-3-1-7(2-4-8)13-11(17)9-5-6-10(16)15-14-9/h1-4,9,14H,5-6H2,(H,13,17)(H,15,16)(H2,12,18,19). The van der Waals surface area contributed by atoms with E-state index in [1.54, 1.807) is 0 Å². The molecule has 1 aliphatic rings. The van der Waals surface area contributed by atoms with Gasteiger partial charge < -0.3 is 5.32 Å². The van der Waals surface area contributed by atoms with Gasteiger partial charge in [0.25, 0.3) is 0 Å². The van der Waals surface area contributed by atoms with Crippen LogP contribution >= 0.6 is 0 Å². The van der Waals surface area contributed by atoms with Crippen LogP contribution in [-0.4, -0.2) is 26.3 Å². The Morgan fingerprint density at radius 1 is 1.30 bits per heavy atom. The number of rotatable bonds is 3. The predicted molar refractivity (Wildman–Crippen MR) is 70.7 cm³/mol. The average Bonchev–Trinajstić information content (AvgIpc) is 2.39. The molecule has 0 aliphatic carbocycles. The fourth-order valence-corrected chi connectivity index (χ4v) is 2.25. The van der Waals surface area contributed by atoms with Crippen LogP contribution in [0.25, 0.3) is 0 Å². The number of sulfonamides is 1. The van der Waals surface area contributed by atoms with E-state index in [0.29, 0.717) is 12.1 Å². The zero-order valence-electron chi connectivity index (χ0n) is 10.4. The molecule has 0 radical (unpaired) electrons. The van der Waals surface area contributed by atoms with Crippen molar-refractivity contribution in [2.24, 2.45) is 5.14 Å². The predicted octanol–water partition coefficient (Wildman–Crippen LogP) is -0.944. The Hall–Kier alpha value is -1.97. The van der Waals surface area contributed by atoms with Gasteiger partial charge in [0.2, 0.25) is 21.8 Å². The van der Waals surface area contributed by atoms with Gasteiger partial charge in [0.05, 0.1) is 4.90 Å². The van der Waals surface area contributed by atoms with Crippen molar-refractivity contribution in [3.05, 3.63) is 24.3 Å². The molecule has 2 rings (SSSR count). The van der Waals surface area contributed by atoms with Crippen LogP contribution in [0.4, 0.5) is 5.69 Å². The molecule has 1 fully saturated rings. The van der Waals surface area contributed by atoms with Crippen molar-refractivity contribution < 1.29 is 18.0 Å². The molecule has 8 nitrogen and oxygen atoms in total. The van der Waals surface area contributed by atoms with Crippen LogP contribution in [0.3, 0.4) is 0 Å². The fourth-order valence-electron chi connectivity index (χ4n) is 1.73. The van der Waals surface area contributed by atoms with Gasteiger partial charge in [-0.1, -0.05) is 0 Å². The van der Waals surface area contributed by atoms with E-state index in [-0.39, 0.29) is 23.1 Å². The molecule has 108 valence electrons. The lowest BCUT2D eigenvalue weighted by Crippen LogP contribution is -2.54. The van der Waals surface area contributed by atoms with Gasteiger partial charge in [0.15, 0.2) is 0 Å². The number of nitrogens with two attached hydrogens (primary N) is 1. The smallest absolute Gasteiger partial charge is 0.243 e. The summed E-state index contributed by atoms with van der Waals surface area (Å²) in [7, 11) is -3.75. The van der Waals surface area contributed by atoms with Crippen LogP contribution in [-0.2, 0) is 19.6 Å². The Morgan fingerprint density at radius 2 is 1.95 bits per heavy atom. The molecule has 0 bridgehead atoms. The summed E-state index contributed by atoms with van der Waals surface area (Å²) < 4.78 is 22.2. The first-order valence-electron chi connectivity index (χ1n) is 5.84. The number of hydrogen-bond donors (Lipinski definition) is 4. The zero-order valence-corrected chi connectivity index (χ0v) is 11.2. The van der Waals surface area contributed by atoms with Crippen LogP contribution < -0.4 is 21.3 Å². The highest BCUT2D eigenvalue weighted by atomic mass is 32.2. The second kappa shape index (κ2) is 5.57. The van der Waals surface area contributed by atoms with Gasteiger partial charge in [-0.25, -0.2) is 19.0 Å². The number of hydrazine groups is 1. The molecule has 1 aromatic rings. The monoisotopic (exact) mass is 298 g/mol. The highest BCUT2D eigenvalue weighted by Crippen LogP contribution is 2.13. The summed E-state index contributed by atoms with van der Waals surface area (Å²) in [5, 5.41) is 7.59. The van der Waals surface area contributed by atoms with E-state index < -0.39 is 16.1 Å². The fraction of sp³-hybridized carbons (Fsp3) is 0.273. The molecular weight excluding hydrogens is 284 g/mol. The number of carbonyl (C=O) groups is 2. The van der Waals surface area contributed by atoms with Crippen LogP contribution in [0.5, 0.6) is 0 Å². The molecule has 1 saturated heterocycles. The van der Waals surface area contributed by atoms with Gasteiger partial charge in [-0.2, -0.15) is 0 Å². The van der Waals surface area contributed by atoms with Crippen LogP contribution in [0, 0.1) is 0 Å². The molecule has 0 saturated carbocycles. The number of amides is 2. The Balaban J connectivity index is 2.00. The molecule has 5 N–H and O–H groups in total. The first-order chi connectivity index (χ1) is 9.36. The van der Waals surface area contributed by atoms with E-state index in [4.69, 9.17) is 5.14 Å². The Kier molecular flexibility index (Phi) is 4.02. The van der Waals surface area contributed by atoms with Crippen molar-refractivity contribution in [2.45, 2.75) is 23.8 Å². The van der Waals surface area contributed by atoms with Crippen molar-refractivity contribution in [1.29, 1.82) is 0 Å². The molecule has 20 heavy (non-hydrogen) atoms. The zero-order chi connectivity index (χ0) is 14.8. The van der Waals surface area contributed by atoms with E-state index in [9.17, 15) is 18.0 Å². The van der Waals surface area contributed by atoms with Crippen molar-refractivity contribution >= 4 is 27.5 Å². The molecular formula is C11H14N4O4S. The quantitative estimate of drug-likeness (QED) is 0.572. The van der Waals surface area contributed by atoms with Crippen LogP contribution in [0.2, 0.25) is 0 Å². The highest BCUT2D eigenvalue weighted by molar-refractivity contribution is 7.89. The minimum Gasteiger partial charge on any atom is -0.325 e. The second-order valence-corrected chi connectivity index (χ2v) is 5.90. The van der Waals surface area contributed by atoms with Crippen molar-refractivity contribution in [3.8, 4) is 0 Å². The number of carbonyl (C=O) groups excluding carboxylic acids is 2. The second-order valence-electron chi connectivity index (χ2n) is 4.34. The summed E-state index contributed by atoms with van der Waals surface area (Å²) in [5.41, 5.74) is 5.42. The lowest BCUT2D eigenvalue weighted by Gasteiger charge is -2.22. The maximum atomic E-state index is 11.9. The van der Waals surface area contributed by atoms with Crippen LogP contribution in [0.1, 0.15) is 12.8 Å². The summed E-state index contributed by atoms with van der Waals surface area (Å²) in [6.45, 7) is 0. The number of benzene rings is 1. The molecule has 1 heterocycles. The topological polar surface area (TPSA) is 130 Å². The lowest BCUT2D eigenvalue weighted by molar-refractivity contribution is -0.126. The molecule has 1 atom stereocenters. The normalized spacial score (nSPS) is 19.2. The third-order valence-electron chi connectivity index (χ3n) is 2.81. The largest absolute Gasteiger partial charge is 0.325 e. The van der Waals surface area contributed by atoms with Gasteiger partial charge in [-0.15, -0.1) is 0 Å². The van der Waals surface area contributed by atoms with Gasteiger partial charge in [0.1, 0.15) is 6.04 Å². The molecule has 1 unspecified atom stereocenters. The van der Waals surface area contributed by atoms with Gasteiger partial charge >= 0.3 is 0 Å². The molecule has 0 aromatic heterocycles. The van der Waals surface area contributed by atoms with Gasteiger partial charge in [-0.05, 0) is 30.7 Å². The van der Waals surface area contributed by atoms with Crippen LogP contribution in [0.15, 0.2) is 29.2 Å². The third kappa shape index (κ3) is 3.53. The highest BCUT2D eigenvalue weighted by Gasteiger charge is 2.24.